The van der Waals surface area contributed by atoms with Gasteiger partial charge in [-0.25, -0.2) is 14.4 Å². The van der Waals surface area contributed by atoms with Crippen molar-refractivity contribution in [2.24, 2.45) is 5.92 Å². The average Bonchev–Trinajstić information content (AvgIpc) is 3.51. The largest absolute Gasteiger partial charge is 0.303 e. The van der Waals surface area contributed by atoms with E-state index < -0.39 is 0 Å². The predicted octanol–water partition coefficient (Wildman–Crippen LogP) is 5.77. The first-order valence-corrected chi connectivity index (χ1v) is 12.2. The number of benzene rings is 2. The lowest BCUT2D eigenvalue weighted by atomic mass is 9.92. The molecule has 4 aromatic rings. The van der Waals surface area contributed by atoms with Gasteiger partial charge < -0.3 is 4.79 Å². The first kappa shape index (κ1) is 20.6. The summed E-state index contributed by atoms with van der Waals surface area (Å²) in [7, 11) is 0. The summed E-state index contributed by atoms with van der Waals surface area (Å²) in [5.41, 5.74) is 4.61. The van der Waals surface area contributed by atoms with Crippen LogP contribution >= 0.6 is 11.3 Å². The maximum atomic E-state index is 15.1. The molecule has 0 unspecified atom stereocenters. The van der Waals surface area contributed by atoms with Gasteiger partial charge in [0.25, 0.3) is 0 Å². The predicted molar refractivity (Wildman–Crippen MR) is 129 cm³/mol. The van der Waals surface area contributed by atoms with Crippen LogP contribution in [0.4, 0.5) is 4.39 Å². The minimum Gasteiger partial charge on any atom is -0.303 e. The quantitative estimate of drug-likeness (QED) is 0.345. The second kappa shape index (κ2) is 7.82. The number of fused-ring (bicyclic) bond motifs is 1. The van der Waals surface area contributed by atoms with Crippen LogP contribution in [0.2, 0.25) is 0 Å². The Bertz CT molecular complexity index is 1340. The van der Waals surface area contributed by atoms with E-state index in [0.29, 0.717) is 10.6 Å². The summed E-state index contributed by atoms with van der Waals surface area (Å²) in [6, 6.07) is 20.1. The zero-order valence-electron chi connectivity index (χ0n) is 18.4. The Labute approximate surface area is 196 Å². The third kappa shape index (κ3) is 3.49. The van der Waals surface area contributed by atoms with E-state index in [1.807, 2.05) is 24.3 Å². The molecule has 6 heteroatoms. The normalized spacial score (nSPS) is 18.7. The van der Waals surface area contributed by atoms with Crippen LogP contribution in [0.3, 0.4) is 0 Å². The van der Waals surface area contributed by atoms with Gasteiger partial charge in [-0.2, -0.15) is 0 Å². The highest BCUT2D eigenvalue weighted by atomic mass is 32.1. The van der Waals surface area contributed by atoms with Crippen LogP contribution in [0, 0.1) is 11.7 Å². The molecule has 1 saturated carbocycles. The lowest BCUT2D eigenvalue weighted by Gasteiger charge is -2.40. The molecule has 2 aliphatic rings. The van der Waals surface area contributed by atoms with Gasteiger partial charge in [-0.1, -0.05) is 47.7 Å². The van der Waals surface area contributed by atoms with Crippen molar-refractivity contribution in [3.05, 3.63) is 83.3 Å². The van der Waals surface area contributed by atoms with E-state index in [1.54, 1.807) is 6.07 Å². The summed E-state index contributed by atoms with van der Waals surface area (Å²) in [5.74, 6) is -0.164. The van der Waals surface area contributed by atoms with Crippen LogP contribution < -0.4 is 0 Å². The van der Waals surface area contributed by atoms with E-state index in [0.717, 1.165) is 53.8 Å². The monoisotopic (exact) mass is 457 g/mol. The fraction of sp³-hybridized carbons (Fsp3) is 0.296. The third-order valence-electron chi connectivity index (χ3n) is 7.21. The van der Waals surface area contributed by atoms with Crippen molar-refractivity contribution in [3.63, 3.8) is 0 Å². The van der Waals surface area contributed by atoms with Crippen molar-refractivity contribution in [3.8, 4) is 10.6 Å². The second-order valence-corrected chi connectivity index (χ2v) is 10.2. The highest BCUT2D eigenvalue weighted by Gasteiger charge is 2.47. The lowest BCUT2D eigenvalue weighted by Crippen LogP contribution is -2.48. The molecule has 0 spiro atoms. The number of pyridine rings is 1. The molecule has 1 aliphatic carbocycles. The molecule has 0 amide bonds. The third-order valence-corrected chi connectivity index (χ3v) is 8.20. The molecule has 1 saturated heterocycles. The van der Waals surface area contributed by atoms with Crippen LogP contribution in [0.25, 0.3) is 20.9 Å². The molecule has 1 aliphatic heterocycles. The van der Waals surface area contributed by atoms with Crippen molar-refractivity contribution in [2.75, 3.05) is 13.1 Å². The SMILES string of the molecule is C[C@@H](c1ccc(-c2nc3ccc(C4(c5ccccc5)CC4)nc3s2)c(F)c1)N1CC(C=O)C1. The lowest BCUT2D eigenvalue weighted by molar-refractivity contribution is -0.116. The highest BCUT2D eigenvalue weighted by Crippen LogP contribution is 2.53. The van der Waals surface area contributed by atoms with Crippen molar-refractivity contribution in [2.45, 2.75) is 31.2 Å². The number of halogens is 1. The zero-order valence-corrected chi connectivity index (χ0v) is 19.2. The van der Waals surface area contributed by atoms with Gasteiger partial charge in [0, 0.05) is 36.0 Å². The van der Waals surface area contributed by atoms with Gasteiger partial charge in [-0.15, -0.1) is 0 Å². The maximum Gasteiger partial charge on any atom is 0.144 e. The Morgan fingerprint density at radius 3 is 2.58 bits per heavy atom. The molecule has 0 bridgehead atoms. The minimum atomic E-state index is -0.269. The Morgan fingerprint density at radius 2 is 1.88 bits per heavy atom. The topological polar surface area (TPSA) is 46.1 Å². The number of thiazole rings is 1. The molecule has 0 radical (unpaired) electrons. The van der Waals surface area contributed by atoms with E-state index in [2.05, 4.69) is 47.1 Å². The van der Waals surface area contributed by atoms with Crippen molar-refractivity contribution in [1.82, 2.24) is 14.9 Å². The van der Waals surface area contributed by atoms with Gasteiger partial charge in [0.1, 0.15) is 27.5 Å². The van der Waals surface area contributed by atoms with Crippen molar-refractivity contribution >= 4 is 28.0 Å². The fourth-order valence-corrected chi connectivity index (χ4v) is 5.87. The van der Waals surface area contributed by atoms with Gasteiger partial charge in [0.15, 0.2) is 0 Å². The summed E-state index contributed by atoms with van der Waals surface area (Å²) >= 11 is 1.45. The van der Waals surface area contributed by atoms with Crippen LogP contribution in [0.1, 0.15) is 42.6 Å². The van der Waals surface area contributed by atoms with Gasteiger partial charge in [-0.3, -0.25) is 4.90 Å². The highest BCUT2D eigenvalue weighted by molar-refractivity contribution is 7.21. The fourth-order valence-electron chi connectivity index (χ4n) is 4.90. The molecule has 6 rings (SSSR count). The summed E-state index contributed by atoms with van der Waals surface area (Å²) in [6.45, 7) is 3.54. The molecule has 2 fully saturated rings. The first-order chi connectivity index (χ1) is 16.1. The summed E-state index contributed by atoms with van der Waals surface area (Å²) in [6.07, 6.45) is 3.20. The maximum absolute atomic E-state index is 15.1. The zero-order chi connectivity index (χ0) is 22.6. The van der Waals surface area contributed by atoms with Crippen molar-refractivity contribution in [1.29, 1.82) is 0 Å². The Kier molecular flexibility index (Phi) is 4.89. The minimum absolute atomic E-state index is 0.00234. The van der Waals surface area contributed by atoms with Gasteiger partial charge >= 0.3 is 0 Å². The van der Waals surface area contributed by atoms with Crippen LogP contribution in [-0.2, 0) is 10.2 Å². The van der Waals surface area contributed by atoms with E-state index in [9.17, 15) is 4.79 Å². The number of rotatable bonds is 6. The molecule has 33 heavy (non-hydrogen) atoms. The smallest absolute Gasteiger partial charge is 0.144 e. The van der Waals surface area contributed by atoms with E-state index >= 15 is 4.39 Å². The number of likely N-dealkylation sites (tertiary alicyclic amines) is 1. The second-order valence-electron chi connectivity index (χ2n) is 9.25. The molecule has 166 valence electrons. The van der Waals surface area contributed by atoms with Gasteiger partial charge in [-0.05, 0) is 55.2 Å². The Morgan fingerprint density at radius 1 is 1.09 bits per heavy atom. The molecular weight excluding hydrogens is 433 g/mol. The van der Waals surface area contributed by atoms with E-state index in [4.69, 9.17) is 4.98 Å². The van der Waals surface area contributed by atoms with E-state index in [1.165, 1.54) is 16.9 Å². The van der Waals surface area contributed by atoms with Gasteiger partial charge in [0.05, 0.1) is 5.69 Å². The number of aldehydes is 1. The number of nitrogens with zero attached hydrogens (tertiary/aromatic N) is 3. The number of carbonyl (C=O) groups excluding carboxylic acids is 1. The molecule has 3 heterocycles. The summed E-state index contributed by atoms with van der Waals surface area (Å²) in [5, 5.41) is 0.654. The first-order valence-electron chi connectivity index (χ1n) is 11.4. The molecule has 0 N–H and O–H groups in total. The van der Waals surface area contributed by atoms with Gasteiger partial charge in [0.2, 0.25) is 0 Å². The Hall–Kier alpha value is -2.96. The van der Waals surface area contributed by atoms with E-state index in [-0.39, 0.29) is 23.2 Å². The molecule has 2 aromatic heterocycles. The number of aromatic nitrogens is 2. The molecule has 1 atom stereocenters. The van der Waals surface area contributed by atoms with Crippen LogP contribution in [0.15, 0.2) is 60.7 Å². The summed E-state index contributed by atoms with van der Waals surface area (Å²) in [4.78, 5) is 23.6. The number of hydrogen-bond acceptors (Lipinski definition) is 5. The average molecular weight is 458 g/mol. The number of carbonyl (C=O) groups is 1. The molecule has 2 aromatic carbocycles. The van der Waals surface area contributed by atoms with Crippen molar-refractivity contribution < 1.29 is 9.18 Å². The standard InChI is InChI=1S/C27H24FN3OS/c1-17(31-14-18(15-31)16-32)19-7-8-21(22(28)13-19)25-29-23-9-10-24(30-26(23)33-25)27(11-12-27)20-5-3-2-4-6-20/h2-10,13,16-18H,11-12,14-15H2,1H3/t17-/m0/s1. The summed E-state index contributed by atoms with van der Waals surface area (Å²) < 4.78 is 15.1. The molecule has 4 nitrogen and oxygen atoms in total. The Balaban J connectivity index is 1.29. The number of hydrogen-bond donors (Lipinski definition) is 0. The molecular formula is C27H24FN3OS. The van der Waals surface area contributed by atoms with Crippen LogP contribution in [-0.4, -0.2) is 34.2 Å². The van der Waals surface area contributed by atoms with Crippen LogP contribution in [0.5, 0.6) is 0 Å².